The van der Waals surface area contributed by atoms with E-state index < -0.39 is 0 Å². The lowest BCUT2D eigenvalue weighted by atomic mass is 10.0. The molecular formula is C14H13NO2. The van der Waals surface area contributed by atoms with E-state index in [9.17, 15) is 9.90 Å². The molecule has 0 heterocycles. The number of phenols is 1. The Balaban J connectivity index is 2.14. The van der Waals surface area contributed by atoms with Gasteiger partial charge in [0.1, 0.15) is 5.75 Å². The van der Waals surface area contributed by atoms with Gasteiger partial charge in [-0.3, -0.25) is 4.79 Å². The van der Waals surface area contributed by atoms with Crippen LogP contribution in [0.2, 0.25) is 0 Å². The minimum atomic E-state index is 0.00981. The quantitative estimate of drug-likeness (QED) is 0.625. The van der Waals surface area contributed by atoms with Crippen LogP contribution >= 0.6 is 0 Å². The molecule has 0 aliphatic heterocycles. The van der Waals surface area contributed by atoms with Crippen LogP contribution in [0.25, 0.3) is 0 Å². The molecule has 2 aromatic carbocycles. The molecule has 2 aromatic rings. The molecule has 3 nitrogen and oxygen atoms in total. The number of anilines is 1. The number of benzene rings is 2. The van der Waals surface area contributed by atoms with E-state index in [4.69, 9.17) is 5.73 Å². The summed E-state index contributed by atoms with van der Waals surface area (Å²) in [4.78, 5) is 11.9. The van der Waals surface area contributed by atoms with Gasteiger partial charge in [0.2, 0.25) is 0 Å². The summed E-state index contributed by atoms with van der Waals surface area (Å²) >= 11 is 0. The Bertz CT molecular complexity index is 532. The zero-order valence-electron chi connectivity index (χ0n) is 9.26. The van der Waals surface area contributed by atoms with Crippen LogP contribution in [0.15, 0.2) is 48.5 Å². The van der Waals surface area contributed by atoms with E-state index in [1.165, 1.54) is 0 Å². The number of hydrogen-bond donors (Lipinski definition) is 2. The van der Waals surface area contributed by atoms with Gasteiger partial charge in [-0.15, -0.1) is 0 Å². The first-order chi connectivity index (χ1) is 8.15. The maximum Gasteiger partial charge on any atom is 0.167 e. The highest BCUT2D eigenvalue weighted by molar-refractivity contribution is 5.97. The van der Waals surface area contributed by atoms with Crippen molar-refractivity contribution in [3.05, 3.63) is 59.7 Å². The highest BCUT2D eigenvalue weighted by atomic mass is 16.3. The fourth-order valence-electron chi connectivity index (χ4n) is 1.62. The smallest absolute Gasteiger partial charge is 0.167 e. The van der Waals surface area contributed by atoms with Crippen LogP contribution in [0.3, 0.4) is 0 Å². The van der Waals surface area contributed by atoms with Gasteiger partial charge in [-0.2, -0.15) is 0 Å². The van der Waals surface area contributed by atoms with Crippen LogP contribution in [0.1, 0.15) is 15.9 Å². The number of aromatic hydroxyl groups is 1. The molecule has 86 valence electrons. The summed E-state index contributed by atoms with van der Waals surface area (Å²) in [5.41, 5.74) is 7.62. The predicted molar refractivity (Wildman–Crippen MR) is 67.0 cm³/mol. The van der Waals surface area contributed by atoms with Crippen molar-refractivity contribution in [2.75, 3.05) is 5.73 Å². The lowest BCUT2D eigenvalue weighted by molar-refractivity contribution is 0.0993. The van der Waals surface area contributed by atoms with Crippen LogP contribution < -0.4 is 5.73 Å². The van der Waals surface area contributed by atoms with Crippen LogP contribution in [0, 0.1) is 0 Å². The molecule has 0 aliphatic carbocycles. The van der Waals surface area contributed by atoms with Gasteiger partial charge in [-0.1, -0.05) is 12.1 Å². The van der Waals surface area contributed by atoms with Gasteiger partial charge in [0.25, 0.3) is 0 Å². The van der Waals surface area contributed by atoms with Crippen molar-refractivity contribution in [2.24, 2.45) is 0 Å². The van der Waals surface area contributed by atoms with Gasteiger partial charge in [0, 0.05) is 17.7 Å². The van der Waals surface area contributed by atoms with Crippen molar-refractivity contribution in [2.45, 2.75) is 6.42 Å². The first-order valence-electron chi connectivity index (χ1n) is 5.32. The molecule has 0 atom stereocenters. The van der Waals surface area contributed by atoms with E-state index in [1.807, 2.05) is 6.07 Å². The number of ketones is 1. The van der Waals surface area contributed by atoms with E-state index in [0.717, 1.165) is 5.56 Å². The Morgan fingerprint density at radius 3 is 2.47 bits per heavy atom. The first-order valence-corrected chi connectivity index (χ1v) is 5.32. The van der Waals surface area contributed by atoms with Crippen molar-refractivity contribution < 1.29 is 9.90 Å². The lowest BCUT2D eigenvalue weighted by Crippen LogP contribution is -2.03. The summed E-state index contributed by atoms with van der Waals surface area (Å²) in [6.45, 7) is 0. The number of Topliss-reactive ketones (excluding diaryl/α,β-unsaturated/α-hetero) is 1. The van der Waals surface area contributed by atoms with Crippen molar-refractivity contribution >= 4 is 11.5 Å². The molecule has 0 unspecified atom stereocenters. The maximum absolute atomic E-state index is 11.9. The van der Waals surface area contributed by atoms with E-state index in [0.29, 0.717) is 11.3 Å². The molecule has 2 rings (SSSR count). The number of nitrogen functional groups attached to an aromatic ring is 1. The largest absolute Gasteiger partial charge is 0.508 e. The molecule has 0 radical (unpaired) electrons. The topological polar surface area (TPSA) is 63.3 Å². The summed E-state index contributed by atoms with van der Waals surface area (Å²) in [5.74, 6) is 0.184. The van der Waals surface area contributed by atoms with Crippen molar-refractivity contribution in [3.63, 3.8) is 0 Å². The van der Waals surface area contributed by atoms with Gasteiger partial charge in [-0.25, -0.2) is 0 Å². The summed E-state index contributed by atoms with van der Waals surface area (Å²) in [6.07, 6.45) is 0.276. The Morgan fingerprint density at radius 1 is 1.12 bits per heavy atom. The van der Waals surface area contributed by atoms with Gasteiger partial charge in [0.15, 0.2) is 5.78 Å². The molecule has 0 saturated heterocycles. The summed E-state index contributed by atoms with van der Waals surface area (Å²) < 4.78 is 0. The Morgan fingerprint density at radius 2 is 1.82 bits per heavy atom. The lowest BCUT2D eigenvalue weighted by Gasteiger charge is -2.02. The highest BCUT2D eigenvalue weighted by Gasteiger charge is 2.07. The number of hydrogen-bond acceptors (Lipinski definition) is 3. The number of carbonyl (C=O) groups excluding carboxylic acids is 1. The summed E-state index contributed by atoms with van der Waals surface area (Å²) in [5, 5.41) is 9.31. The number of rotatable bonds is 3. The Hall–Kier alpha value is -2.29. The molecule has 17 heavy (non-hydrogen) atoms. The van der Waals surface area contributed by atoms with Gasteiger partial charge >= 0.3 is 0 Å². The fraction of sp³-hybridized carbons (Fsp3) is 0.0714. The van der Waals surface area contributed by atoms with Crippen molar-refractivity contribution in [3.8, 4) is 5.75 Å². The van der Waals surface area contributed by atoms with E-state index in [2.05, 4.69) is 0 Å². The van der Waals surface area contributed by atoms with Crippen LogP contribution in [-0.4, -0.2) is 10.9 Å². The molecular weight excluding hydrogens is 214 g/mol. The van der Waals surface area contributed by atoms with Crippen molar-refractivity contribution in [1.82, 2.24) is 0 Å². The monoisotopic (exact) mass is 227 g/mol. The molecule has 0 aliphatic rings. The maximum atomic E-state index is 11.9. The molecule has 0 saturated carbocycles. The minimum Gasteiger partial charge on any atom is -0.508 e. The third-order valence-electron chi connectivity index (χ3n) is 2.51. The standard InChI is InChI=1S/C14H13NO2/c15-12-6-4-11(5-7-12)14(17)9-10-2-1-3-13(16)8-10/h1-8,16H,9,15H2. The summed E-state index contributed by atoms with van der Waals surface area (Å²) in [6, 6.07) is 13.5. The molecule has 0 fully saturated rings. The second kappa shape index (κ2) is 4.70. The first kappa shape index (κ1) is 11.2. The van der Waals surface area contributed by atoms with Crippen LogP contribution in [0.5, 0.6) is 5.75 Å². The molecule has 0 aromatic heterocycles. The minimum absolute atomic E-state index is 0.00981. The van der Waals surface area contributed by atoms with E-state index in [1.54, 1.807) is 42.5 Å². The normalized spacial score (nSPS) is 10.1. The van der Waals surface area contributed by atoms with Gasteiger partial charge < -0.3 is 10.8 Å². The van der Waals surface area contributed by atoms with Crippen LogP contribution in [0.4, 0.5) is 5.69 Å². The number of phenolic OH excluding ortho intramolecular Hbond substituents is 1. The molecule has 3 N–H and O–H groups in total. The zero-order valence-corrected chi connectivity index (χ0v) is 9.26. The molecule has 0 amide bonds. The number of carbonyl (C=O) groups is 1. The zero-order chi connectivity index (χ0) is 12.3. The predicted octanol–water partition coefficient (Wildman–Crippen LogP) is 2.40. The number of nitrogens with two attached hydrogens (primary N) is 1. The highest BCUT2D eigenvalue weighted by Crippen LogP contribution is 2.14. The third kappa shape index (κ3) is 2.84. The second-order valence-corrected chi connectivity index (χ2v) is 3.89. The SMILES string of the molecule is Nc1ccc(C(=O)Cc2cccc(O)c2)cc1. The molecule has 3 heteroatoms. The van der Waals surface area contributed by atoms with E-state index >= 15 is 0 Å². The molecule has 0 spiro atoms. The average molecular weight is 227 g/mol. The Kier molecular flexibility index (Phi) is 3.10. The Labute approximate surface area is 99.5 Å². The van der Waals surface area contributed by atoms with Gasteiger partial charge in [-0.05, 0) is 42.0 Å². The fourth-order valence-corrected chi connectivity index (χ4v) is 1.62. The van der Waals surface area contributed by atoms with Gasteiger partial charge in [0.05, 0.1) is 0 Å². The second-order valence-electron chi connectivity index (χ2n) is 3.89. The molecule has 0 bridgehead atoms. The summed E-state index contributed by atoms with van der Waals surface area (Å²) in [7, 11) is 0. The van der Waals surface area contributed by atoms with Crippen LogP contribution in [-0.2, 0) is 6.42 Å². The van der Waals surface area contributed by atoms with Crippen molar-refractivity contribution in [1.29, 1.82) is 0 Å². The third-order valence-corrected chi connectivity index (χ3v) is 2.51. The van der Waals surface area contributed by atoms with E-state index in [-0.39, 0.29) is 18.0 Å². The average Bonchev–Trinajstić information content (AvgIpc) is 2.29.